The number of likely N-dealkylation sites (tertiary alicyclic amines) is 1. The number of aromatic nitrogens is 2. The van der Waals surface area contributed by atoms with E-state index in [1.165, 1.54) is 11.1 Å². The quantitative estimate of drug-likeness (QED) is 0.803. The SMILES string of the molecule is CCNC(=O)[C@@H]1C[C@@H](NC(=O)c2ccn(C)n2)CN1Cc1ccccc1C. The third-order valence-corrected chi connectivity index (χ3v) is 4.97. The third-order valence-electron chi connectivity index (χ3n) is 4.97. The summed E-state index contributed by atoms with van der Waals surface area (Å²) in [5.74, 6) is -0.186. The van der Waals surface area contributed by atoms with E-state index in [0.29, 0.717) is 31.7 Å². The molecule has 2 atom stereocenters. The first-order chi connectivity index (χ1) is 13.0. The Balaban J connectivity index is 1.71. The van der Waals surface area contributed by atoms with E-state index in [1.807, 2.05) is 19.1 Å². The predicted molar refractivity (Wildman–Crippen MR) is 103 cm³/mol. The van der Waals surface area contributed by atoms with Gasteiger partial charge in [-0.2, -0.15) is 5.10 Å². The minimum absolute atomic E-state index is 0.0145. The Labute approximate surface area is 159 Å². The Hall–Kier alpha value is -2.67. The van der Waals surface area contributed by atoms with E-state index in [0.717, 1.165) is 0 Å². The Morgan fingerprint density at radius 1 is 1.26 bits per heavy atom. The summed E-state index contributed by atoms with van der Waals surface area (Å²) in [5, 5.41) is 10.1. The molecule has 3 rings (SSSR count). The van der Waals surface area contributed by atoms with Gasteiger partial charge < -0.3 is 10.6 Å². The number of likely N-dealkylation sites (N-methyl/N-ethyl adjacent to an activating group) is 1. The number of carbonyl (C=O) groups is 2. The van der Waals surface area contributed by atoms with Crippen LogP contribution in [0.25, 0.3) is 0 Å². The molecule has 2 amide bonds. The second kappa shape index (κ2) is 8.35. The molecule has 1 fully saturated rings. The van der Waals surface area contributed by atoms with Crippen LogP contribution in [0.1, 0.15) is 35.0 Å². The molecule has 0 saturated carbocycles. The standard InChI is InChI=1S/C20H27N5O2/c1-4-21-20(27)18-11-16(22-19(26)17-9-10-24(3)23-17)13-25(18)12-15-8-6-5-7-14(15)2/h5-10,16,18H,4,11-13H2,1-3H3,(H,21,27)(H,22,26)/t16-,18+/m1/s1. The van der Waals surface area contributed by atoms with Gasteiger partial charge in [0.15, 0.2) is 0 Å². The lowest BCUT2D eigenvalue weighted by atomic mass is 10.1. The highest BCUT2D eigenvalue weighted by molar-refractivity contribution is 5.92. The van der Waals surface area contributed by atoms with Crippen LogP contribution >= 0.6 is 0 Å². The number of hydrogen-bond acceptors (Lipinski definition) is 4. The summed E-state index contributed by atoms with van der Waals surface area (Å²) in [4.78, 5) is 27.1. The zero-order chi connectivity index (χ0) is 19.4. The van der Waals surface area contributed by atoms with E-state index < -0.39 is 0 Å². The molecule has 144 valence electrons. The fraction of sp³-hybridized carbons (Fsp3) is 0.450. The third kappa shape index (κ3) is 4.54. The van der Waals surface area contributed by atoms with E-state index in [4.69, 9.17) is 0 Å². The number of carbonyl (C=O) groups excluding carboxylic acids is 2. The van der Waals surface area contributed by atoms with Crippen molar-refractivity contribution in [2.75, 3.05) is 13.1 Å². The predicted octanol–water partition coefficient (Wildman–Crippen LogP) is 1.24. The summed E-state index contributed by atoms with van der Waals surface area (Å²) >= 11 is 0. The topological polar surface area (TPSA) is 79.3 Å². The van der Waals surface area contributed by atoms with E-state index in [-0.39, 0.29) is 23.9 Å². The summed E-state index contributed by atoms with van der Waals surface area (Å²) in [5.41, 5.74) is 2.79. The molecule has 2 N–H and O–H groups in total. The van der Waals surface area contributed by atoms with Crippen LogP contribution in [0, 0.1) is 6.92 Å². The molecule has 7 heteroatoms. The molecule has 2 heterocycles. The average molecular weight is 369 g/mol. The van der Waals surface area contributed by atoms with Crippen LogP contribution in [0.15, 0.2) is 36.5 Å². The first-order valence-electron chi connectivity index (χ1n) is 9.34. The smallest absolute Gasteiger partial charge is 0.272 e. The Kier molecular flexibility index (Phi) is 5.91. The lowest BCUT2D eigenvalue weighted by Crippen LogP contribution is -2.42. The van der Waals surface area contributed by atoms with Crippen molar-refractivity contribution in [2.45, 2.75) is 38.9 Å². The van der Waals surface area contributed by atoms with Crippen molar-refractivity contribution in [3.63, 3.8) is 0 Å². The number of nitrogens with zero attached hydrogens (tertiary/aromatic N) is 3. The van der Waals surface area contributed by atoms with E-state index in [9.17, 15) is 9.59 Å². The number of rotatable bonds is 6. The van der Waals surface area contributed by atoms with Crippen molar-refractivity contribution in [3.05, 3.63) is 53.3 Å². The maximum absolute atomic E-state index is 12.6. The highest BCUT2D eigenvalue weighted by Gasteiger charge is 2.37. The first-order valence-corrected chi connectivity index (χ1v) is 9.34. The van der Waals surface area contributed by atoms with Crippen LogP contribution in [-0.4, -0.2) is 51.7 Å². The molecule has 1 aromatic carbocycles. The second-order valence-corrected chi connectivity index (χ2v) is 7.05. The van der Waals surface area contributed by atoms with Gasteiger partial charge in [0.1, 0.15) is 5.69 Å². The molecule has 0 aliphatic carbocycles. The van der Waals surface area contributed by atoms with E-state index in [1.54, 1.807) is 24.0 Å². The van der Waals surface area contributed by atoms with Gasteiger partial charge in [-0.1, -0.05) is 24.3 Å². The minimum atomic E-state index is -0.251. The largest absolute Gasteiger partial charge is 0.355 e. The monoisotopic (exact) mass is 369 g/mol. The molecule has 27 heavy (non-hydrogen) atoms. The molecule has 2 aromatic rings. The summed E-state index contributed by atoms with van der Waals surface area (Å²) in [6.07, 6.45) is 2.34. The first kappa shape index (κ1) is 19.1. The van der Waals surface area contributed by atoms with Gasteiger partial charge in [0, 0.05) is 38.9 Å². The molecule has 1 aliphatic heterocycles. The lowest BCUT2D eigenvalue weighted by Gasteiger charge is -2.24. The van der Waals surface area contributed by atoms with Gasteiger partial charge in [0.2, 0.25) is 5.91 Å². The second-order valence-electron chi connectivity index (χ2n) is 7.05. The van der Waals surface area contributed by atoms with Gasteiger partial charge in [-0.15, -0.1) is 0 Å². The Morgan fingerprint density at radius 2 is 2.04 bits per heavy atom. The minimum Gasteiger partial charge on any atom is -0.355 e. The Bertz CT molecular complexity index is 816. The number of hydrogen-bond donors (Lipinski definition) is 2. The zero-order valence-electron chi connectivity index (χ0n) is 16.1. The molecule has 7 nitrogen and oxygen atoms in total. The summed E-state index contributed by atoms with van der Waals surface area (Å²) in [6.45, 7) is 5.91. The van der Waals surface area contributed by atoms with Crippen molar-refractivity contribution in [3.8, 4) is 0 Å². The van der Waals surface area contributed by atoms with Crippen molar-refractivity contribution in [2.24, 2.45) is 7.05 Å². The van der Waals surface area contributed by atoms with Crippen LogP contribution in [0.3, 0.4) is 0 Å². The number of nitrogens with one attached hydrogen (secondary N) is 2. The summed E-state index contributed by atoms with van der Waals surface area (Å²) in [7, 11) is 1.78. The van der Waals surface area contributed by atoms with Crippen molar-refractivity contribution in [1.82, 2.24) is 25.3 Å². The number of benzene rings is 1. The van der Waals surface area contributed by atoms with Crippen molar-refractivity contribution in [1.29, 1.82) is 0 Å². The van der Waals surface area contributed by atoms with Gasteiger partial charge in [0.05, 0.1) is 6.04 Å². The fourth-order valence-electron chi connectivity index (χ4n) is 3.55. The maximum Gasteiger partial charge on any atom is 0.272 e. The van der Waals surface area contributed by atoms with Crippen LogP contribution in [0.2, 0.25) is 0 Å². The van der Waals surface area contributed by atoms with Crippen LogP contribution < -0.4 is 10.6 Å². The highest BCUT2D eigenvalue weighted by Crippen LogP contribution is 2.22. The lowest BCUT2D eigenvalue weighted by molar-refractivity contribution is -0.125. The Morgan fingerprint density at radius 3 is 2.70 bits per heavy atom. The average Bonchev–Trinajstić information content (AvgIpc) is 3.23. The number of aryl methyl sites for hydroxylation is 2. The van der Waals surface area contributed by atoms with E-state index in [2.05, 4.69) is 39.7 Å². The van der Waals surface area contributed by atoms with Crippen LogP contribution in [0.5, 0.6) is 0 Å². The molecule has 0 radical (unpaired) electrons. The zero-order valence-corrected chi connectivity index (χ0v) is 16.1. The molecule has 0 bridgehead atoms. The van der Waals surface area contributed by atoms with Gasteiger partial charge in [-0.3, -0.25) is 19.2 Å². The number of amides is 2. The van der Waals surface area contributed by atoms with Gasteiger partial charge >= 0.3 is 0 Å². The molecule has 0 spiro atoms. The van der Waals surface area contributed by atoms with Crippen molar-refractivity contribution >= 4 is 11.8 Å². The maximum atomic E-state index is 12.6. The normalized spacial score (nSPS) is 19.8. The van der Waals surface area contributed by atoms with Crippen LogP contribution in [0.4, 0.5) is 0 Å². The molecule has 1 saturated heterocycles. The van der Waals surface area contributed by atoms with Crippen molar-refractivity contribution < 1.29 is 9.59 Å². The van der Waals surface area contributed by atoms with Gasteiger partial charge in [-0.05, 0) is 37.5 Å². The van der Waals surface area contributed by atoms with Gasteiger partial charge in [0.25, 0.3) is 5.91 Å². The molecular weight excluding hydrogens is 342 g/mol. The summed E-state index contributed by atoms with van der Waals surface area (Å²) in [6, 6.07) is 9.54. The van der Waals surface area contributed by atoms with E-state index >= 15 is 0 Å². The molecule has 1 aromatic heterocycles. The molecular formula is C20H27N5O2. The van der Waals surface area contributed by atoms with Crippen LogP contribution in [-0.2, 0) is 18.4 Å². The molecule has 1 aliphatic rings. The molecule has 0 unspecified atom stereocenters. The van der Waals surface area contributed by atoms with Gasteiger partial charge in [-0.25, -0.2) is 0 Å². The summed E-state index contributed by atoms with van der Waals surface area (Å²) < 4.78 is 1.60. The fourth-order valence-corrected chi connectivity index (χ4v) is 3.55. The highest BCUT2D eigenvalue weighted by atomic mass is 16.2.